The third kappa shape index (κ3) is 8.90. The second kappa shape index (κ2) is 23.6. The van der Waals surface area contributed by atoms with Gasteiger partial charge in [-0.15, -0.1) is 0 Å². The molecule has 2 aliphatic heterocycles. The zero-order valence-corrected chi connectivity index (χ0v) is 64.6. The first-order chi connectivity index (χ1) is 59.2. The number of allylic oxidation sites excluding steroid dienone is 4. The lowest BCUT2D eigenvalue weighted by molar-refractivity contribution is 0.588. The Morgan fingerprint density at radius 3 is 1.09 bits per heavy atom. The van der Waals surface area contributed by atoms with Gasteiger partial charge in [0.05, 0.1) is 12.1 Å². The summed E-state index contributed by atoms with van der Waals surface area (Å²) in [7, 11) is 0. The van der Waals surface area contributed by atoms with Gasteiger partial charge in [-0.2, -0.15) is 0 Å². The molecule has 2 aliphatic carbocycles. The van der Waals surface area contributed by atoms with Crippen LogP contribution in [0.15, 0.2) is 384 Å². The van der Waals surface area contributed by atoms with Crippen molar-refractivity contribution in [3.05, 3.63) is 418 Å². The highest BCUT2D eigenvalue weighted by Crippen LogP contribution is 2.51. The molecular weight excluding hydrogens is 1460 g/mol. The van der Waals surface area contributed by atoms with Crippen LogP contribution in [0.1, 0.15) is 34.3 Å². The largest absolute Gasteiger partial charge is 0.283 e. The van der Waals surface area contributed by atoms with Crippen molar-refractivity contribution in [2.24, 2.45) is 9.98 Å². The highest BCUT2D eigenvalue weighted by Gasteiger charge is 2.40. The third-order valence-electron chi connectivity index (χ3n) is 27.8. The summed E-state index contributed by atoms with van der Waals surface area (Å²) in [4.78, 5) is 43.5. The normalized spacial score (nSPS) is 16.6. The maximum absolute atomic E-state index is 16.1. The zero-order chi connectivity index (χ0) is 78.2. The molecule has 22 aromatic carbocycles. The standard InChI is InChI=1S/C114H64N4O2/c119-113-94-23-9-21-89-86(71-32-25-61-11-1-3-13-68(61)47-71)43-45-92(107(89)94)111-115-109-96(72-33-26-62-12-2-4-14-69(62)48-72)56-82(60-99(109)117(111)113)80-49-70-15-5-6-20-85(70)98(58-80)88-41-39-67-31-38-77-54-84(55-78-40-42-91(88)106(67)105(77)78)97-57-81(79-50-73-34-27-63-16-7-17-64-28-35-74(51-79)103(73)101(63)64)59-100-110(97)116-112-93-46-44-87(90-22-10-24-95(108(90)93)114(120)118(100)112)83-52-75-36-29-65-18-8-19-66-30-37-76(53-83)104(75)102(65)66/h1-60,99-100,109-110H. The van der Waals surface area contributed by atoms with Crippen LogP contribution in [0.2, 0.25) is 0 Å². The number of rotatable bonds is 7. The van der Waals surface area contributed by atoms with E-state index >= 15 is 9.59 Å². The monoisotopic (exact) mass is 1520 g/mol. The zero-order valence-electron chi connectivity index (χ0n) is 64.6. The number of hydrogen-bond donors (Lipinski definition) is 0. The Hall–Kier alpha value is -15.5. The van der Waals surface area contributed by atoms with Crippen molar-refractivity contribution in [3.63, 3.8) is 0 Å². The van der Waals surface area contributed by atoms with Gasteiger partial charge in [0.15, 0.2) is 0 Å². The van der Waals surface area contributed by atoms with Gasteiger partial charge in [-0.25, -0.2) is 0 Å². The van der Waals surface area contributed by atoms with E-state index in [-0.39, 0.29) is 17.2 Å². The molecule has 24 aromatic rings. The maximum atomic E-state index is 16.1. The molecule has 6 heteroatoms. The first kappa shape index (κ1) is 64.7. The van der Waals surface area contributed by atoms with Crippen LogP contribution in [0.3, 0.4) is 0 Å². The van der Waals surface area contributed by atoms with Gasteiger partial charge in [0.1, 0.15) is 23.1 Å². The Labute approximate surface area is 684 Å². The van der Waals surface area contributed by atoms with Crippen molar-refractivity contribution in [1.82, 2.24) is 9.13 Å². The van der Waals surface area contributed by atoms with E-state index in [4.69, 9.17) is 9.98 Å². The van der Waals surface area contributed by atoms with Crippen molar-refractivity contribution >= 4 is 195 Å². The molecule has 4 atom stereocenters. The van der Waals surface area contributed by atoms with E-state index in [1.807, 2.05) is 27.3 Å². The molecule has 28 rings (SSSR count). The minimum absolute atomic E-state index is 0.0385. The van der Waals surface area contributed by atoms with Crippen molar-refractivity contribution in [2.45, 2.75) is 24.2 Å². The summed E-state index contributed by atoms with van der Waals surface area (Å²) in [6.07, 6.45) is 9.40. The molecular formula is C114H64N4O2. The molecule has 0 spiro atoms. The van der Waals surface area contributed by atoms with E-state index in [2.05, 4.69) is 346 Å². The summed E-state index contributed by atoms with van der Waals surface area (Å²) in [6.45, 7) is 0. The first-order valence-corrected chi connectivity index (χ1v) is 41.7. The average Bonchev–Trinajstić information content (AvgIpc) is 1.66. The van der Waals surface area contributed by atoms with Crippen LogP contribution in [0, 0.1) is 0 Å². The summed E-state index contributed by atoms with van der Waals surface area (Å²) in [6, 6.07) is 123. The lowest BCUT2D eigenvalue weighted by Crippen LogP contribution is -2.35. The molecule has 2 aromatic heterocycles. The summed E-state index contributed by atoms with van der Waals surface area (Å²) < 4.78 is 4.03. The van der Waals surface area contributed by atoms with Gasteiger partial charge >= 0.3 is 0 Å². The number of aromatic nitrogens is 2. The molecule has 4 unspecified atom stereocenters. The predicted octanol–water partition coefficient (Wildman–Crippen LogP) is 26.7. The van der Waals surface area contributed by atoms with Gasteiger partial charge in [0.2, 0.25) is 0 Å². The summed E-state index contributed by atoms with van der Waals surface area (Å²) in [5, 5.41) is 36.1. The van der Waals surface area contributed by atoms with Gasteiger partial charge in [0.25, 0.3) is 11.1 Å². The number of hydrogen-bond acceptors (Lipinski definition) is 4. The van der Waals surface area contributed by atoms with Crippen LogP contribution in [0.5, 0.6) is 0 Å². The number of nitrogens with zero attached hydrogens (tertiary/aromatic N) is 4. The molecule has 0 amide bonds. The lowest BCUT2D eigenvalue weighted by Gasteiger charge is -2.27. The molecule has 0 saturated heterocycles. The quantitative estimate of drug-likeness (QED) is 0.149. The Bertz CT molecular complexity index is 9130. The van der Waals surface area contributed by atoms with E-state index in [1.165, 1.54) is 102 Å². The molecule has 0 N–H and O–H groups in total. The lowest BCUT2D eigenvalue weighted by atomic mass is 9.81. The van der Waals surface area contributed by atoms with Crippen LogP contribution in [0.25, 0.3) is 228 Å². The van der Waals surface area contributed by atoms with Crippen LogP contribution in [0.4, 0.5) is 0 Å². The van der Waals surface area contributed by atoms with Crippen molar-refractivity contribution in [2.75, 3.05) is 0 Å². The Morgan fingerprint density at radius 1 is 0.208 bits per heavy atom. The van der Waals surface area contributed by atoms with Gasteiger partial charge in [-0.05, 0) is 315 Å². The van der Waals surface area contributed by atoms with E-state index < -0.39 is 18.1 Å². The van der Waals surface area contributed by atoms with E-state index in [0.717, 1.165) is 137 Å². The van der Waals surface area contributed by atoms with E-state index in [1.54, 1.807) is 0 Å². The van der Waals surface area contributed by atoms with Crippen LogP contribution >= 0.6 is 0 Å². The fourth-order valence-electron chi connectivity index (χ4n) is 22.4. The van der Waals surface area contributed by atoms with Gasteiger partial charge < -0.3 is 0 Å². The average molecular weight is 1520 g/mol. The Morgan fingerprint density at radius 2 is 0.542 bits per heavy atom. The SMILES string of the molecule is O=c1c2cccc3c(-c4ccc5ccccc5c4)ccc(c4n1C1C=C(c5cc(-c6ccc7ccc8cc(C9=CC(c%10cc%11ccc%12cccc%13ccc(c%10)c%11c%12%13)=CC%10C9N=c9c%11ccc(-c%12cc%13ccc%14cccc%15ccc(c%12)c%13c%14%15)c%12cccc(c(=O)n9%10)c%12%11)cc9ccc6c7c89)c6ccccc6c5)C=C(c5ccc6ccccc6c5)C1N=4)c32. The smallest absolute Gasteiger partial charge is 0.260 e. The number of fused-ring (bicyclic) bond motifs is 11. The van der Waals surface area contributed by atoms with E-state index in [0.29, 0.717) is 21.7 Å². The van der Waals surface area contributed by atoms with Gasteiger partial charge in [-0.3, -0.25) is 28.7 Å². The van der Waals surface area contributed by atoms with Crippen LogP contribution in [-0.4, -0.2) is 21.2 Å². The minimum atomic E-state index is -0.428. The molecule has 4 aliphatic rings. The number of pyridine rings is 2. The highest BCUT2D eigenvalue weighted by molar-refractivity contribution is 6.29. The van der Waals surface area contributed by atoms with E-state index in [9.17, 15) is 0 Å². The second-order valence-electron chi connectivity index (χ2n) is 33.9. The molecule has 4 heterocycles. The molecule has 0 bridgehead atoms. The summed E-state index contributed by atoms with van der Waals surface area (Å²) in [5.74, 6) is 0. The minimum Gasteiger partial charge on any atom is -0.283 e. The topological polar surface area (TPSA) is 68.7 Å². The van der Waals surface area contributed by atoms with Gasteiger partial charge in [-0.1, -0.05) is 267 Å². The first-order valence-electron chi connectivity index (χ1n) is 41.7. The number of benzene rings is 22. The predicted molar refractivity (Wildman–Crippen MR) is 502 cm³/mol. The van der Waals surface area contributed by atoms with Gasteiger partial charge in [0, 0.05) is 32.3 Å². The highest BCUT2D eigenvalue weighted by atomic mass is 16.1. The Balaban J connectivity index is 0.603. The molecule has 0 radical (unpaired) electrons. The second-order valence-corrected chi connectivity index (χ2v) is 33.9. The molecule has 0 fully saturated rings. The Kier molecular flexibility index (Phi) is 12.7. The van der Waals surface area contributed by atoms with Crippen molar-refractivity contribution < 1.29 is 0 Å². The van der Waals surface area contributed by atoms with Crippen LogP contribution < -0.4 is 22.1 Å². The molecule has 120 heavy (non-hydrogen) atoms. The molecule has 552 valence electrons. The van der Waals surface area contributed by atoms with Crippen molar-refractivity contribution in [1.29, 1.82) is 0 Å². The molecule has 0 saturated carbocycles. The van der Waals surface area contributed by atoms with Crippen molar-refractivity contribution in [3.8, 4) is 33.4 Å². The fraction of sp³-hybridized carbons (Fsp3) is 0.0351. The maximum Gasteiger partial charge on any atom is 0.260 e. The van der Waals surface area contributed by atoms with Crippen LogP contribution in [-0.2, 0) is 0 Å². The fourth-order valence-corrected chi connectivity index (χ4v) is 22.4. The third-order valence-corrected chi connectivity index (χ3v) is 27.8. The summed E-state index contributed by atoms with van der Waals surface area (Å²) >= 11 is 0. The summed E-state index contributed by atoms with van der Waals surface area (Å²) in [5.41, 5.74) is 16.5. The molecule has 6 nitrogen and oxygen atoms in total.